The molecule has 10 heteroatoms. The molecule has 4 rings (SSSR count). The fourth-order valence-corrected chi connectivity index (χ4v) is 3.64. The Balaban J connectivity index is 1.53. The number of benzene rings is 1. The first-order valence-electron chi connectivity index (χ1n) is 10.9. The number of anilines is 2. The molecule has 1 amide bonds. The maximum atomic E-state index is 13.7. The third-order valence-electron chi connectivity index (χ3n) is 5.17. The van der Waals surface area contributed by atoms with Crippen molar-refractivity contribution in [3.8, 4) is 11.6 Å². The van der Waals surface area contributed by atoms with E-state index in [9.17, 15) is 9.18 Å². The molecule has 9 nitrogen and oxygen atoms in total. The molecule has 0 spiro atoms. The number of fused-ring (bicyclic) bond motifs is 1. The number of carbonyl (C=O) groups is 1. The van der Waals surface area contributed by atoms with Crippen LogP contribution in [0.15, 0.2) is 36.7 Å². The first-order valence-corrected chi connectivity index (χ1v) is 10.9. The van der Waals surface area contributed by atoms with E-state index < -0.39 is 5.82 Å². The molecule has 0 aliphatic carbocycles. The minimum Gasteiger partial charge on any atom is -0.489 e. The van der Waals surface area contributed by atoms with Gasteiger partial charge in [0.05, 0.1) is 17.3 Å². The number of carbonyl (C=O) groups excluding carboxylic acids is 1. The Morgan fingerprint density at radius 3 is 2.94 bits per heavy atom. The molecule has 33 heavy (non-hydrogen) atoms. The van der Waals surface area contributed by atoms with Gasteiger partial charge in [0.2, 0.25) is 5.88 Å². The van der Waals surface area contributed by atoms with Crippen LogP contribution in [-0.4, -0.2) is 57.6 Å². The zero-order valence-electron chi connectivity index (χ0n) is 18.6. The molecule has 1 fully saturated rings. The fraction of sp³-hybridized carbons (Fsp3) is 0.391. The second-order valence-corrected chi connectivity index (χ2v) is 8.20. The summed E-state index contributed by atoms with van der Waals surface area (Å²) in [6.45, 7) is 4.80. The van der Waals surface area contributed by atoms with Gasteiger partial charge in [-0.1, -0.05) is 0 Å². The molecule has 1 atom stereocenters. The highest BCUT2D eigenvalue weighted by Gasteiger charge is 2.21. The highest BCUT2D eigenvalue weighted by atomic mass is 19.1. The average molecular weight is 455 g/mol. The van der Waals surface area contributed by atoms with Crippen LogP contribution < -0.4 is 20.5 Å². The number of rotatable bonds is 7. The van der Waals surface area contributed by atoms with E-state index in [1.54, 1.807) is 23.1 Å². The number of pyridine rings is 1. The molecule has 1 aromatic carbocycles. The highest BCUT2D eigenvalue weighted by molar-refractivity contribution is 5.88. The lowest BCUT2D eigenvalue weighted by Gasteiger charge is -2.30. The smallest absolute Gasteiger partial charge is 0.260 e. The zero-order chi connectivity index (χ0) is 23.4. The number of hydrogen-bond donors (Lipinski definition) is 2. The van der Waals surface area contributed by atoms with Crippen LogP contribution in [0.2, 0.25) is 0 Å². The number of nitrogens with zero attached hydrogens (tertiary/aromatic N) is 4. The van der Waals surface area contributed by atoms with Crippen molar-refractivity contribution in [3.05, 3.63) is 42.5 Å². The number of nitrogens with two attached hydrogens (primary N) is 1. The average Bonchev–Trinajstić information content (AvgIpc) is 2.79. The third-order valence-corrected chi connectivity index (χ3v) is 5.17. The van der Waals surface area contributed by atoms with Crippen molar-refractivity contribution in [1.29, 1.82) is 0 Å². The fourth-order valence-electron chi connectivity index (χ4n) is 3.64. The number of aromatic nitrogens is 3. The number of piperidine rings is 1. The van der Waals surface area contributed by atoms with E-state index in [0.717, 1.165) is 12.8 Å². The first-order chi connectivity index (χ1) is 15.9. The van der Waals surface area contributed by atoms with Crippen LogP contribution in [0.5, 0.6) is 11.6 Å². The van der Waals surface area contributed by atoms with Gasteiger partial charge in [0.1, 0.15) is 23.4 Å². The molecule has 174 valence electrons. The Hall–Kier alpha value is -3.53. The maximum absolute atomic E-state index is 13.7. The zero-order valence-corrected chi connectivity index (χ0v) is 18.6. The van der Waals surface area contributed by atoms with E-state index in [1.807, 2.05) is 13.8 Å². The summed E-state index contributed by atoms with van der Waals surface area (Å²) in [4.78, 5) is 27.2. The second-order valence-electron chi connectivity index (χ2n) is 8.20. The Morgan fingerprint density at radius 2 is 2.15 bits per heavy atom. The third kappa shape index (κ3) is 5.64. The standard InChI is InChI=1S/C23H27FN6O3/c1-14(2)33-19-10-15(24)5-6-17(19)28-23-22-18(26-13-27-23)7-8-20(29-22)32-12-21(31)30-9-3-4-16(25)11-30/h5-8,10,13-14,16H,3-4,9,11-12,25H2,1-2H3,(H,26,27,28)/t16-/m0/s1. The summed E-state index contributed by atoms with van der Waals surface area (Å²) in [5.41, 5.74) is 7.53. The number of hydrogen-bond acceptors (Lipinski definition) is 8. The van der Waals surface area contributed by atoms with Crippen molar-refractivity contribution in [3.63, 3.8) is 0 Å². The highest BCUT2D eigenvalue weighted by Crippen LogP contribution is 2.31. The van der Waals surface area contributed by atoms with Gasteiger partial charge in [0, 0.05) is 31.3 Å². The Kier molecular flexibility index (Phi) is 6.83. The Labute approximate surface area is 191 Å². The Morgan fingerprint density at radius 1 is 1.30 bits per heavy atom. The van der Waals surface area contributed by atoms with Crippen LogP contribution >= 0.6 is 0 Å². The summed E-state index contributed by atoms with van der Waals surface area (Å²) in [5.74, 6) is 0.495. The maximum Gasteiger partial charge on any atom is 0.260 e. The monoisotopic (exact) mass is 454 g/mol. The number of halogens is 1. The van der Waals surface area contributed by atoms with Crippen LogP contribution in [0, 0.1) is 5.82 Å². The van der Waals surface area contributed by atoms with Crippen LogP contribution in [0.1, 0.15) is 26.7 Å². The van der Waals surface area contributed by atoms with Crippen LogP contribution in [0.3, 0.4) is 0 Å². The molecule has 0 saturated carbocycles. The van der Waals surface area contributed by atoms with E-state index in [4.69, 9.17) is 15.2 Å². The number of ether oxygens (including phenoxy) is 2. The molecular formula is C23H27FN6O3. The molecule has 0 radical (unpaired) electrons. The number of likely N-dealkylation sites (tertiary alicyclic amines) is 1. The van der Waals surface area contributed by atoms with Crippen molar-refractivity contribution in [1.82, 2.24) is 19.9 Å². The van der Waals surface area contributed by atoms with Gasteiger partial charge >= 0.3 is 0 Å². The Bertz CT molecular complexity index is 1140. The molecule has 3 N–H and O–H groups in total. The summed E-state index contributed by atoms with van der Waals surface area (Å²) in [7, 11) is 0. The summed E-state index contributed by atoms with van der Waals surface area (Å²) in [6, 6.07) is 7.61. The molecular weight excluding hydrogens is 427 g/mol. The number of amides is 1. The predicted octanol–water partition coefficient (Wildman–Crippen LogP) is 3.02. The van der Waals surface area contributed by atoms with Crippen LogP contribution in [0.25, 0.3) is 11.0 Å². The molecule has 3 aromatic rings. The van der Waals surface area contributed by atoms with Gasteiger partial charge in [0.25, 0.3) is 5.91 Å². The SMILES string of the molecule is CC(C)Oc1cc(F)ccc1Nc1ncnc2ccc(OCC(=O)N3CCC[C@H](N)C3)nc12. The van der Waals surface area contributed by atoms with Gasteiger partial charge in [-0.05, 0) is 44.9 Å². The van der Waals surface area contributed by atoms with Gasteiger partial charge in [-0.2, -0.15) is 0 Å². The van der Waals surface area contributed by atoms with Gasteiger partial charge < -0.3 is 25.4 Å². The van der Waals surface area contributed by atoms with Gasteiger partial charge in [0.15, 0.2) is 12.4 Å². The van der Waals surface area contributed by atoms with Gasteiger partial charge in [-0.3, -0.25) is 4.79 Å². The largest absolute Gasteiger partial charge is 0.489 e. The lowest BCUT2D eigenvalue weighted by atomic mass is 10.1. The lowest BCUT2D eigenvalue weighted by Crippen LogP contribution is -2.47. The molecule has 0 bridgehead atoms. The summed E-state index contributed by atoms with van der Waals surface area (Å²) in [6.07, 6.45) is 3.08. The van der Waals surface area contributed by atoms with E-state index in [2.05, 4.69) is 20.3 Å². The van der Waals surface area contributed by atoms with Crippen molar-refractivity contribution in [2.24, 2.45) is 5.73 Å². The molecule has 0 unspecified atom stereocenters. The van der Waals surface area contributed by atoms with E-state index in [1.165, 1.54) is 18.5 Å². The molecule has 3 heterocycles. The minimum absolute atomic E-state index is 0.00306. The summed E-state index contributed by atoms with van der Waals surface area (Å²) < 4.78 is 25.1. The quantitative estimate of drug-likeness (QED) is 0.560. The summed E-state index contributed by atoms with van der Waals surface area (Å²) >= 11 is 0. The van der Waals surface area contributed by atoms with E-state index in [-0.39, 0.29) is 30.5 Å². The van der Waals surface area contributed by atoms with Crippen molar-refractivity contribution < 1.29 is 18.7 Å². The van der Waals surface area contributed by atoms with Crippen molar-refractivity contribution in [2.45, 2.75) is 38.8 Å². The topological polar surface area (TPSA) is 115 Å². The van der Waals surface area contributed by atoms with E-state index >= 15 is 0 Å². The lowest BCUT2D eigenvalue weighted by molar-refractivity contribution is -0.134. The summed E-state index contributed by atoms with van der Waals surface area (Å²) in [5, 5.41) is 3.15. The molecule has 1 saturated heterocycles. The van der Waals surface area contributed by atoms with E-state index in [0.29, 0.717) is 41.4 Å². The predicted molar refractivity (Wildman–Crippen MR) is 122 cm³/mol. The second kappa shape index (κ2) is 9.95. The normalized spacial score (nSPS) is 16.2. The molecule has 1 aliphatic rings. The first kappa shape index (κ1) is 22.7. The molecule has 1 aliphatic heterocycles. The van der Waals surface area contributed by atoms with Crippen molar-refractivity contribution in [2.75, 3.05) is 25.0 Å². The van der Waals surface area contributed by atoms with Crippen molar-refractivity contribution >= 4 is 28.4 Å². The molecule has 2 aromatic heterocycles. The number of nitrogens with one attached hydrogen (secondary N) is 1. The van der Waals surface area contributed by atoms with Gasteiger partial charge in [-0.25, -0.2) is 19.3 Å². The van der Waals surface area contributed by atoms with Gasteiger partial charge in [-0.15, -0.1) is 0 Å². The van der Waals surface area contributed by atoms with Crippen LogP contribution in [-0.2, 0) is 4.79 Å². The van der Waals surface area contributed by atoms with Crippen LogP contribution in [0.4, 0.5) is 15.9 Å². The minimum atomic E-state index is -0.406.